The third kappa shape index (κ3) is 8.27. The lowest BCUT2D eigenvalue weighted by Crippen LogP contribution is -2.20. The van der Waals surface area contributed by atoms with Gasteiger partial charge in [0, 0.05) is 48.9 Å². The standard InChI is InChI=1S/C41H36Cl2N10O3/c42-36-29(26-7-2-1-3-8-26)11-5-13-31(36)48-39-38-33(15-16-46-39)56-35(51-38)25-45-19-22-55-28-10-4-9-27(23-28)30-12-6-14-32(37(30)43)49-40-41-50-34(24-44-18-21-54)52-53(41)20-17-47-40/h1-17,20,23,44-45,54H,18-19,21-22,24-25H2,(H,46,48)(H,47,49). The molecule has 0 spiro atoms. The first kappa shape index (κ1) is 36.9. The highest BCUT2D eigenvalue weighted by molar-refractivity contribution is 6.36. The number of nitrogens with zero attached hydrogens (tertiary/aromatic N) is 6. The van der Waals surface area contributed by atoms with Crippen molar-refractivity contribution in [3.8, 4) is 28.0 Å². The van der Waals surface area contributed by atoms with Gasteiger partial charge in [0.25, 0.3) is 0 Å². The van der Waals surface area contributed by atoms with Crippen molar-refractivity contribution >= 4 is 63.0 Å². The predicted molar refractivity (Wildman–Crippen MR) is 219 cm³/mol. The minimum absolute atomic E-state index is 0.0354. The zero-order valence-electron chi connectivity index (χ0n) is 29.9. The monoisotopic (exact) mass is 786 g/mol. The first-order chi connectivity index (χ1) is 27.5. The third-order valence-electron chi connectivity index (χ3n) is 8.78. The number of rotatable bonds is 16. The minimum Gasteiger partial charge on any atom is -0.492 e. The molecule has 0 aliphatic heterocycles. The summed E-state index contributed by atoms with van der Waals surface area (Å²) in [6.07, 6.45) is 5.05. The SMILES string of the molecule is OCCNCc1nc2c(Nc3cccc(-c4cccc(OCCNCc5nc6c(Nc7cccc(-c8ccccc8)c7Cl)nccc6o5)c4)c3Cl)nccn2n1. The summed E-state index contributed by atoms with van der Waals surface area (Å²) in [5.41, 5.74) is 6.84. The number of nitrogens with one attached hydrogen (secondary N) is 4. The maximum absolute atomic E-state index is 9.06. The second kappa shape index (κ2) is 17.1. The molecule has 282 valence electrons. The number of aliphatic hydroxyl groups is 1. The van der Waals surface area contributed by atoms with Crippen LogP contribution in [0.2, 0.25) is 10.0 Å². The molecule has 0 aliphatic rings. The van der Waals surface area contributed by atoms with Crippen molar-refractivity contribution in [2.24, 2.45) is 0 Å². The number of fused-ring (bicyclic) bond motifs is 2. The number of pyridine rings is 1. The van der Waals surface area contributed by atoms with Crippen LogP contribution in [0.1, 0.15) is 11.7 Å². The average Bonchev–Trinajstić information content (AvgIpc) is 3.85. The summed E-state index contributed by atoms with van der Waals surface area (Å²) < 4.78 is 13.8. The quantitative estimate of drug-likeness (QED) is 0.0601. The molecule has 0 unspecified atom stereocenters. The number of oxazole rings is 1. The minimum atomic E-state index is 0.0354. The van der Waals surface area contributed by atoms with Gasteiger partial charge in [0.1, 0.15) is 12.4 Å². The second-order valence-electron chi connectivity index (χ2n) is 12.6. The van der Waals surface area contributed by atoms with Crippen LogP contribution in [-0.2, 0) is 13.1 Å². The van der Waals surface area contributed by atoms with Crippen LogP contribution in [0.4, 0.5) is 23.0 Å². The van der Waals surface area contributed by atoms with E-state index in [0.717, 1.165) is 27.9 Å². The molecule has 0 saturated heterocycles. The Morgan fingerprint density at radius 3 is 2.23 bits per heavy atom. The second-order valence-corrected chi connectivity index (χ2v) is 13.3. The Bertz CT molecular complexity index is 2600. The Kier molecular flexibility index (Phi) is 11.3. The van der Waals surface area contributed by atoms with Crippen LogP contribution in [0, 0.1) is 0 Å². The summed E-state index contributed by atoms with van der Waals surface area (Å²) in [5.74, 6) is 2.88. The average molecular weight is 788 g/mol. The van der Waals surface area contributed by atoms with Crippen LogP contribution < -0.4 is 26.0 Å². The van der Waals surface area contributed by atoms with Crippen LogP contribution in [0.25, 0.3) is 39.0 Å². The fraction of sp³-hybridized carbons (Fsp3) is 0.146. The molecular weight excluding hydrogens is 751 g/mol. The molecule has 56 heavy (non-hydrogen) atoms. The van der Waals surface area contributed by atoms with Crippen LogP contribution in [0.3, 0.4) is 0 Å². The summed E-state index contributed by atoms with van der Waals surface area (Å²) in [6, 6.07) is 31.2. The first-order valence-electron chi connectivity index (χ1n) is 17.9. The molecule has 8 aromatic rings. The topological polar surface area (TPSA) is 160 Å². The van der Waals surface area contributed by atoms with E-state index in [1.165, 1.54) is 0 Å². The zero-order valence-corrected chi connectivity index (χ0v) is 31.4. The molecule has 0 amide bonds. The van der Waals surface area contributed by atoms with E-state index >= 15 is 0 Å². The van der Waals surface area contributed by atoms with Gasteiger partial charge in [-0.3, -0.25) is 0 Å². The molecule has 4 aromatic heterocycles. The van der Waals surface area contributed by atoms with Crippen molar-refractivity contribution < 1.29 is 14.3 Å². The molecule has 0 bridgehead atoms. The van der Waals surface area contributed by atoms with Crippen molar-refractivity contribution in [2.75, 3.05) is 36.9 Å². The van der Waals surface area contributed by atoms with E-state index in [2.05, 4.69) is 41.3 Å². The fourth-order valence-corrected chi connectivity index (χ4v) is 6.70. The van der Waals surface area contributed by atoms with Crippen molar-refractivity contribution in [2.45, 2.75) is 13.1 Å². The van der Waals surface area contributed by atoms with Crippen molar-refractivity contribution in [1.29, 1.82) is 0 Å². The fourth-order valence-electron chi connectivity index (χ4n) is 6.14. The number of hydrogen-bond donors (Lipinski definition) is 5. The van der Waals surface area contributed by atoms with E-state index in [1.807, 2.05) is 91.0 Å². The summed E-state index contributed by atoms with van der Waals surface area (Å²) in [7, 11) is 0. The van der Waals surface area contributed by atoms with Gasteiger partial charge in [-0.25, -0.2) is 24.5 Å². The maximum Gasteiger partial charge on any atom is 0.209 e. The van der Waals surface area contributed by atoms with Gasteiger partial charge >= 0.3 is 0 Å². The molecule has 8 rings (SSSR count). The molecular formula is C41H36Cl2N10O3. The van der Waals surface area contributed by atoms with E-state index in [1.54, 1.807) is 29.2 Å². The zero-order chi connectivity index (χ0) is 38.3. The predicted octanol–water partition coefficient (Wildman–Crippen LogP) is 8.04. The highest BCUT2D eigenvalue weighted by Crippen LogP contribution is 2.38. The molecule has 4 aromatic carbocycles. The van der Waals surface area contributed by atoms with Gasteiger partial charge in [0.2, 0.25) is 5.89 Å². The lowest BCUT2D eigenvalue weighted by atomic mass is 10.0. The molecule has 0 atom stereocenters. The molecule has 0 radical (unpaired) electrons. The maximum atomic E-state index is 9.06. The summed E-state index contributed by atoms with van der Waals surface area (Å²) in [5, 5.41) is 27.8. The molecule has 0 fully saturated rings. The van der Waals surface area contributed by atoms with Gasteiger partial charge in [-0.1, -0.05) is 89.9 Å². The van der Waals surface area contributed by atoms with Gasteiger partial charge in [-0.2, -0.15) is 0 Å². The van der Waals surface area contributed by atoms with Crippen molar-refractivity contribution in [3.63, 3.8) is 0 Å². The smallest absolute Gasteiger partial charge is 0.209 e. The molecule has 13 nitrogen and oxygen atoms in total. The molecule has 15 heteroatoms. The number of aliphatic hydroxyl groups excluding tert-OH is 1. The van der Waals surface area contributed by atoms with Crippen molar-refractivity contribution in [1.82, 2.24) is 40.2 Å². The number of hydrogen-bond acceptors (Lipinski definition) is 12. The molecule has 0 saturated carbocycles. The first-order valence-corrected chi connectivity index (χ1v) is 18.7. The highest BCUT2D eigenvalue weighted by atomic mass is 35.5. The number of halogens is 2. The largest absolute Gasteiger partial charge is 0.492 e. The van der Waals surface area contributed by atoms with Crippen LogP contribution >= 0.6 is 23.2 Å². The normalized spacial score (nSPS) is 11.3. The van der Waals surface area contributed by atoms with Crippen LogP contribution in [0.15, 0.2) is 120 Å². The van der Waals surface area contributed by atoms with E-state index in [0.29, 0.717) is 94.4 Å². The lowest BCUT2D eigenvalue weighted by molar-refractivity contribution is 0.291. The summed E-state index contributed by atoms with van der Waals surface area (Å²) in [6.45, 7) is 2.27. The number of aromatic nitrogens is 6. The Morgan fingerprint density at radius 1 is 0.714 bits per heavy atom. The molecule has 4 heterocycles. The Hall–Kier alpha value is -6.09. The third-order valence-corrected chi connectivity index (χ3v) is 9.59. The van der Waals surface area contributed by atoms with Crippen molar-refractivity contribution in [3.05, 3.63) is 137 Å². The van der Waals surface area contributed by atoms with Gasteiger partial charge in [-0.05, 0) is 35.4 Å². The molecule has 0 aliphatic carbocycles. The Labute approximate surface area is 331 Å². The van der Waals surface area contributed by atoms with E-state index < -0.39 is 0 Å². The van der Waals surface area contributed by atoms with Gasteiger partial charge < -0.3 is 35.5 Å². The molecule has 5 N–H and O–H groups in total. The van der Waals surface area contributed by atoms with Gasteiger partial charge in [0.05, 0.1) is 41.1 Å². The van der Waals surface area contributed by atoms with E-state index in [-0.39, 0.29) is 6.61 Å². The van der Waals surface area contributed by atoms with Crippen LogP contribution in [0.5, 0.6) is 5.75 Å². The summed E-state index contributed by atoms with van der Waals surface area (Å²) >= 11 is 13.8. The van der Waals surface area contributed by atoms with E-state index in [4.69, 9.17) is 42.4 Å². The van der Waals surface area contributed by atoms with Gasteiger partial charge in [-0.15, -0.1) is 5.10 Å². The number of benzene rings is 4. The lowest BCUT2D eigenvalue weighted by Gasteiger charge is -2.13. The van der Waals surface area contributed by atoms with Crippen LogP contribution in [-0.4, -0.2) is 61.0 Å². The number of anilines is 4. The van der Waals surface area contributed by atoms with E-state index in [9.17, 15) is 0 Å². The summed E-state index contributed by atoms with van der Waals surface area (Å²) in [4.78, 5) is 18.3. The Morgan fingerprint density at radius 2 is 1.43 bits per heavy atom. The van der Waals surface area contributed by atoms with Gasteiger partial charge in [0.15, 0.2) is 34.2 Å². The number of ether oxygens (including phenoxy) is 1. The highest BCUT2D eigenvalue weighted by Gasteiger charge is 2.16. The Balaban J connectivity index is 0.879.